The zero-order chi connectivity index (χ0) is 29.9. The van der Waals surface area contributed by atoms with E-state index >= 15 is 0 Å². The van der Waals surface area contributed by atoms with Gasteiger partial charge in [0.25, 0.3) is 0 Å². The minimum Gasteiger partial charge on any atom is -0.573 e. The fourth-order valence-corrected chi connectivity index (χ4v) is 8.78. The molecule has 0 amide bonds. The van der Waals surface area contributed by atoms with Gasteiger partial charge in [0.1, 0.15) is 5.82 Å². The summed E-state index contributed by atoms with van der Waals surface area (Å²) in [6.45, 7) is 20.9. The van der Waals surface area contributed by atoms with Crippen molar-refractivity contribution in [3.8, 4) is 22.9 Å². The Morgan fingerprint density at radius 2 is 1.23 bits per heavy atom. The molecule has 4 aromatic heterocycles. The number of rotatable bonds is 2. The number of aromatic nitrogens is 7. The normalized spacial score (nSPS) is 28.6. The van der Waals surface area contributed by atoms with Crippen molar-refractivity contribution in [1.82, 2.24) is 35.3 Å². The summed E-state index contributed by atoms with van der Waals surface area (Å²) in [5, 5.41) is 18.6. The van der Waals surface area contributed by atoms with Crippen LogP contribution in [0, 0.1) is 10.8 Å². The quantitative estimate of drug-likeness (QED) is 0.213. The van der Waals surface area contributed by atoms with Crippen molar-refractivity contribution in [1.29, 1.82) is 0 Å². The Morgan fingerprint density at radius 3 is 1.74 bits per heavy atom. The fourth-order valence-electron chi connectivity index (χ4n) is 8.78. The monoisotopic (exact) mass is 756 g/mol. The molecular weight excluding hydrogens is 714 g/mol. The molecule has 0 saturated heterocycles. The molecule has 228 valence electrons. The van der Waals surface area contributed by atoms with Crippen molar-refractivity contribution in [2.24, 2.45) is 10.8 Å². The van der Waals surface area contributed by atoms with Crippen LogP contribution in [0.4, 0.5) is 0 Å². The summed E-state index contributed by atoms with van der Waals surface area (Å²) < 4.78 is 0. The maximum atomic E-state index is 5.00. The van der Waals surface area contributed by atoms with Crippen molar-refractivity contribution in [2.45, 2.75) is 116 Å². The number of fused-ring (bicyclic) bond motifs is 10. The van der Waals surface area contributed by atoms with Gasteiger partial charge >= 0.3 is 21.1 Å². The Balaban J connectivity index is 0.000000258. The van der Waals surface area contributed by atoms with E-state index in [1.807, 2.05) is 24.7 Å². The van der Waals surface area contributed by atoms with E-state index in [1.54, 1.807) is 0 Å². The van der Waals surface area contributed by atoms with E-state index in [0.717, 1.165) is 17.1 Å². The molecule has 4 aliphatic carbocycles. The van der Waals surface area contributed by atoms with Crippen LogP contribution in [-0.4, -0.2) is 25.1 Å². The van der Waals surface area contributed by atoms with Crippen molar-refractivity contribution in [2.75, 3.05) is 0 Å². The summed E-state index contributed by atoms with van der Waals surface area (Å²) in [5.74, 6) is 1.64. The van der Waals surface area contributed by atoms with E-state index in [9.17, 15) is 0 Å². The van der Waals surface area contributed by atoms with Gasteiger partial charge in [0.05, 0.1) is 5.69 Å². The Labute approximate surface area is 270 Å². The largest absolute Gasteiger partial charge is 2.00 e. The van der Waals surface area contributed by atoms with Crippen LogP contribution in [0.5, 0.6) is 0 Å². The fraction of sp³-hybridized carbons (Fsp3) is 0.571. The Morgan fingerprint density at radius 1 is 0.721 bits per heavy atom. The minimum absolute atomic E-state index is 0. The topological polar surface area (TPSA) is 92.7 Å². The smallest absolute Gasteiger partial charge is 0.573 e. The molecule has 8 heteroatoms. The summed E-state index contributed by atoms with van der Waals surface area (Å²) in [6.07, 6.45) is 10.3. The van der Waals surface area contributed by atoms with Gasteiger partial charge in [-0.15, -0.1) is 0 Å². The van der Waals surface area contributed by atoms with Gasteiger partial charge in [-0.2, -0.15) is 0 Å². The maximum absolute atomic E-state index is 5.00. The number of pyridine rings is 1. The molecule has 0 N–H and O–H groups in total. The van der Waals surface area contributed by atoms with Crippen LogP contribution in [0.15, 0.2) is 36.8 Å². The molecule has 0 radical (unpaired) electrons. The van der Waals surface area contributed by atoms with Crippen LogP contribution in [0.25, 0.3) is 22.9 Å². The van der Waals surface area contributed by atoms with E-state index in [-0.39, 0.29) is 48.1 Å². The van der Waals surface area contributed by atoms with Crippen molar-refractivity contribution >= 4 is 0 Å². The zero-order valence-corrected chi connectivity index (χ0v) is 29.2. The maximum Gasteiger partial charge on any atom is 2.00 e. The molecule has 4 bridgehead atoms. The molecule has 4 unspecified atom stereocenters. The first kappa shape index (κ1) is 30.4. The second-order valence-corrected chi connectivity index (χ2v) is 15.7. The second-order valence-electron chi connectivity index (χ2n) is 15.7. The minimum atomic E-state index is 0. The van der Waals surface area contributed by atoms with Gasteiger partial charge < -0.3 is 20.4 Å². The average Bonchev–Trinajstić information content (AvgIpc) is 3.73. The summed E-state index contributed by atoms with van der Waals surface area (Å²) >= 11 is 0. The van der Waals surface area contributed by atoms with Crippen LogP contribution in [0.3, 0.4) is 0 Å². The molecule has 2 saturated carbocycles. The Bertz CT molecular complexity index is 1580. The van der Waals surface area contributed by atoms with Crippen LogP contribution in [0.2, 0.25) is 0 Å². The van der Waals surface area contributed by atoms with Gasteiger partial charge in [-0.25, -0.2) is 9.97 Å². The molecule has 2 fully saturated rings. The summed E-state index contributed by atoms with van der Waals surface area (Å²) in [7, 11) is 0. The molecule has 8 rings (SSSR count). The van der Waals surface area contributed by atoms with Gasteiger partial charge in [0.15, 0.2) is 0 Å². The number of hydrogen-bond acceptors (Lipinski definition) is 5. The molecule has 4 heterocycles. The number of hydrogen-bond donors (Lipinski definition) is 0. The first-order chi connectivity index (χ1) is 19.7. The summed E-state index contributed by atoms with van der Waals surface area (Å²) in [6, 6.07) is 6.09. The zero-order valence-electron chi connectivity index (χ0n) is 26.9. The van der Waals surface area contributed by atoms with Crippen molar-refractivity contribution < 1.29 is 21.1 Å². The molecule has 0 spiro atoms. The molecule has 0 aliphatic heterocycles. The van der Waals surface area contributed by atoms with Gasteiger partial charge in [-0.3, -0.25) is 4.98 Å². The first-order valence-electron chi connectivity index (χ1n) is 15.5. The van der Waals surface area contributed by atoms with E-state index < -0.39 is 0 Å². The van der Waals surface area contributed by atoms with Crippen molar-refractivity contribution in [3.63, 3.8) is 0 Å². The SMILES string of the molecule is CC(C)(C)c1ccncc1.CC12CCC(c3c1n[n-]c3-c1ccnc(-c3[n-]nc4c3C3CCC4(C)C3(C)C)n1)C2(C)C.[Pt+2]. The summed E-state index contributed by atoms with van der Waals surface area (Å²) in [5.41, 5.74) is 9.82. The second kappa shape index (κ2) is 9.67. The summed E-state index contributed by atoms with van der Waals surface area (Å²) in [4.78, 5) is 13.6. The van der Waals surface area contributed by atoms with Gasteiger partial charge in [0.2, 0.25) is 0 Å². The predicted molar refractivity (Wildman–Crippen MR) is 164 cm³/mol. The number of nitrogens with zero attached hydrogens (tertiary/aromatic N) is 7. The third-order valence-corrected chi connectivity index (χ3v) is 12.4. The van der Waals surface area contributed by atoms with Crippen LogP contribution in [-0.2, 0) is 37.3 Å². The Kier molecular flexibility index (Phi) is 6.83. The standard InChI is InChI=1S/C26H30N6.C9H13N.Pt/c1-23(2)13-7-10-25(23,5)20-16(13)18(29-31-20)15-9-12-27-22(28-15)19-17-14-8-11-26(6,24(14,3)4)21(17)32-30-19;1-9(2,3)8-4-6-10-7-5-8;/h9,12-14H,7-8,10-11H2,1-6H3;4-7H,1-3H3;/q-2;;+2. The molecular formula is C35H43N7Pt. The molecule has 43 heavy (non-hydrogen) atoms. The van der Waals surface area contributed by atoms with Crippen LogP contribution >= 0.6 is 0 Å². The van der Waals surface area contributed by atoms with E-state index in [4.69, 9.17) is 10.1 Å². The van der Waals surface area contributed by atoms with E-state index in [2.05, 4.69) is 99.7 Å². The molecule has 7 nitrogen and oxygen atoms in total. The van der Waals surface area contributed by atoms with Crippen LogP contribution in [0.1, 0.15) is 128 Å². The van der Waals surface area contributed by atoms with Crippen molar-refractivity contribution in [3.05, 3.63) is 64.9 Å². The average molecular weight is 757 g/mol. The first-order valence-corrected chi connectivity index (χ1v) is 15.5. The molecule has 4 aliphatic rings. The Hall–Kier alpha value is -2.66. The van der Waals surface area contributed by atoms with Crippen LogP contribution < -0.4 is 10.2 Å². The predicted octanol–water partition coefficient (Wildman–Crippen LogP) is 7.24. The molecule has 0 aromatic carbocycles. The van der Waals surface area contributed by atoms with Gasteiger partial charge in [0, 0.05) is 40.8 Å². The molecule has 4 aromatic rings. The van der Waals surface area contributed by atoms with E-state index in [1.165, 1.54) is 53.8 Å². The van der Waals surface area contributed by atoms with Gasteiger partial charge in [-0.05, 0) is 88.7 Å². The third kappa shape index (κ3) is 3.98. The molecule has 4 atom stereocenters. The third-order valence-electron chi connectivity index (χ3n) is 12.4. The van der Waals surface area contributed by atoms with Gasteiger partial charge in [-0.1, -0.05) is 73.7 Å². The van der Waals surface area contributed by atoms with E-state index in [0.29, 0.717) is 17.7 Å².